The van der Waals surface area contributed by atoms with E-state index < -0.39 is 15.3 Å². The number of halogens is 2. The summed E-state index contributed by atoms with van der Waals surface area (Å²) in [5.41, 5.74) is 0. The van der Waals surface area contributed by atoms with Crippen molar-refractivity contribution in [3.63, 3.8) is 0 Å². The van der Waals surface area contributed by atoms with Gasteiger partial charge >= 0.3 is 26.2 Å². The van der Waals surface area contributed by atoms with Crippen LogP contribution in [-0.4, -0.2) is 41.5 Å². The fourth-order valence-corrected chi connectivity index (χ4v) is 0. The van der Waals surface area contributed by atoms with E-state index in [1.54, 1.807) is 0 Å². The molecule has 0 N–H and O–H groups in total. The van der Waals surface area contributed by atoms with E-state index in [-0.39, 0.29) is 26.2 Å². The fraction of sp³-hybridized carbons (Fsp3) is 0. The van der Waals surface area contributed by atoms with Gasteiger partial charge in [-0.25, -0.2) is 0 Å². The Morgan fingerprint density at radius 1 is 0.688 bits per heavy atom. The Kier molecular flexibility index (Phi) is 53.7. The third-order valence-corrected chi connectivity index (χ3v) is 0. The number of nitrogens with zero attached hydrogens (tertiary/aromatic N) is 3. The van der Waals surface area contributed by atoms with Gasteiger partial charge in [-0.3, -0.25) is 0 Å². The number of rotatable bonds is 0. The molecule has 94 valence electrons. The Morgan fingerprint density at radius 3 is 0.688 bits per heavy atom. The smallest absolute Gasteiger partial charge is 0.356 e. The zero-order chi connectivity index (χ0) is 13.4. The summed E-state index contributed by atoms with van der Waals surface area (Å²) in [5, 5.41) is 44.2. The van der Waals surface area contributed by atoms with E-state index in [4.69, 9.17) is 46.0 Å². The van der Waals surface area contributed by atoms with Crippen LogP contribution in [0.4, 0.5) is 0 Å². The maximum absolute atomic E-state index is 8.25. The van der Waals surface area contributed by atoms with Crippen molar-refractivity contribution in [2.24, 2.45) is 0 Å². The van der Waals surface area contributed by atoms with Gasteiger partial charge in [-0.15, -0.1) is 0 Å². The van der Waals surface area contributed by atoms with Crippen molar-refractivity contribution in [2.75, 3.05) is 0 Å². The molecule has 16 heteroatoms. The van der Waals surface area contributed by atoms with Crippen LogP contribution in [0.5, 0.6) is 0 Å². The predicted octanol–water partition coefficient (Wildman–Crippen LogP) is 0.213. The van der Waals surface area contributed by atoms with E-state index in [0.29, 0.717) is 0 Å². The molecule has 0 rings (SSSR count). The van der Waals surface area contributed by atoms with Crippen molar-refractivity contribution in [1.82, 2.24) is 0 Å². The summed E-state index contributed by atoms with van der Waals surface area (Å²) < 4.78 is 3.19. The zero-order valence-electron chi connectivity index (χ0n) is 6.63. The average Bonchev–Trinajstić information content (AvgIpc) is 1.81. The first-order valence-electron chi connectivity index (χ1n) is 1.95. The van der Waals surface area contributed by atoms with Gasteiger partial charge in [0.15, 0.2) is 0 Å². The third kappa shape index (κ3) is 1970. The number of hydrogen-bond donors (Lipinski definition) is 0. The van der Waals surface area contributed by atoms with Crippen LogP contribution in [0.25, 0.3) is 0 Å². The molecule has 0 aliphatic rings. The zero-order valence-corrected chi connectivity index (χ0v) is 11.6. The van der Waals surface area contributed by atoms with E-state index in [0.717, 1.165) is 0 Å². The van der Waals surface area contributed by atoms with Gasteiger partial charge in [0, 0.05) is 0 Å². The van der Waals surface area contributed by atoms with E-state index in [1.165, 1.54) is 0 Å². The molecule has 0 unspecified atom stereocenters. The molecule has 0 saturated carbocycles. The molecule has 2 radical (unpaired) electrons. The Hall–Kier alpha value is -0.977. The molecule has 0 amide bonds. The maximum Gasteiger partial charge on any atom is 3.00 e. The summed E-state index contributed by atoms with van der Waals surface area (Å²) >= 11 is 8.53. The van der Waals surface area contributed by atoms with Crippen LogP contribution in [0.2, 0.25) is 0 Å². The standard InChI is InChI=1S/Bi.Cl2O.3NO3/c;1-3-2;3*2-1(3)4/q+3;;3*-1. The molecule has 13 nitrogen and oxygen atoms in total. The molecule has 0 aliphatic heterocycles. The summed E-state index contributed by atoms with van der Waals surface area (Å²) in [5.74, 6) is 0. The van der Waals surface area contributed by atoms with Gasteiger partial charge in [0.1, 0.15) is 0 Å². The van der Waals surface area contributed by atoms with Gasteiger partial charge in [0.25, 0.3) is 0 Å². The van der Waals surface area contributed by atoms with Crippen LogP contribution in [0, 0.1) is 46.0 Å². The predicted molar refractivity (Wildman–Crippen MR) is 49.6 cm³/mol. The Labute approximate surface area is 115 Å². The van der Waals surface area contributed by atoms with Crippen molar-refractivity contribution in [1.29, 1.82) is 0 Å². The van der Waals surface area contributed by atoms with Gasteiger partial charge in [0.05, 0.1) is 39.0 Å². The molecule has 0 aromatic carbocycles. The number of hydrogen-bond acceptors (Lipinski definition) is 10. The topological polar surface area (TPSA) is 208 Å². The van der Waals surface area contributed by atoms with Gasteiger partial charge in [-0.2, -0.15) is 3.84 Å². The van der Waals surface area contributed by atoms with E-state index in [2.05, 4.69) is 27.6 Å². The van der Waals surface area contributed by atoms with Crippen LogP contribution in [-0.2, 0) is 3.84 Å². The molecule has 0 bridgehead atoms. The maximum atomic E-state index is 8.25. The largest absolute Gasteiger partial charge is 3.00 e. The molecule has 16 heavy (non-hydrogen) atoms. The normalized spacial score (nSPS) is 5.62. The molecule has 0 spiro atoms. The molecular weight excluding hydrogens is 482 g/mol. The first-order valence-corrected chi connectivity index (χ1v) is 2.57. The minimum Gasteiger partial charge on any atom is -0.356 e. The van der Waals surface area contributed by atoms with E-state index >= 15 is 0 Å². The first-order chi connectivity index (χ1) is 6.61. The molecule has 0 aromatic heterocycles. The molecule has 0 heterocycles. The quantitative estimate of drug-likeness (QED) is 0.261. The second-order valence-electron chi connectivity index (χ2n) is 0.729. The molecular formula is BiCl2N3O10. The average molecular weight is 482 g/mol. The van der Waals surface area contributed by atoms with Crippen LogP contribution in [0.1, 0.15) is 0 Å². The Morgan fingerprint density at radius 2 is 0.688 bits per heavy atom. The third-order valence-electron chi connectivity index (χ3n) is 0. The monoisotopic (exact) mass is 481 g/mol. The fourth-order valence-electron chi connectivity index (χ4n) is 0. The molecule has 0 atom stereocenters. The van der Waals surface area contributed by atoms with E-state index in [1.807, 2.05) is 0 Å². The molecule has 0 aromatic rings. The van der Waals surface area contributed by atoms with Crippen molar-refractivity contribution in [3.8, 4) is 0 Å². The van der Waals surface area contributed by atoms with Crippen LogP contribution >= 0.6 is 23.7 Å². The van der Waals surface area contributed by atoms with Crippen LogP contribution in [0.15, 0.2) is 0 Å². The van der Waals surface area contributed by atoms with Gasteiger partial charge in [-0.1, -0.05) is 0 Å². The van der Waals surface area contributed by atoms with Crippen LogP contribution in [0.3, 0.4) is 0 Å². The SMILES string of the molecule is ClOCl.O=[N+]([O-])[O-].O=[N+]([O-])[O-].O=[N+]([O-])[O-].[Bi+3]. The van der Waals surface area contributed by atoms with Gasteiger partial charge in [-0.05, 0) is 0 Å². The minimum atomic E-state index is -1.75. The van der Waals surface area contributed by atoms with Crippen molar-refractivity contribution >= 4 is 49.9 Å². The van der Waals surface area contributed by atoms with Gasteiger partial charge in [0.2, 0.25) is 0 Å². The summed E-state index contributed by atoms with van der Waals surface area (Å²) in [6, 6.07) is 0. The van der Waals surface area contributed by atoms with E-state index in [9.17, 15) is 0 Å². The molecule has 0 aliphatic carbocycles. The minimum absolute atomic E-state index is 0. The Bertz CT molecular complexity index is 133. The summed E-state index contributed by atoms with van der Waals surface area (Å²) in [6.07, 6.45) is 0. The van der Waals surface area contributed by atoms with Crippen molar-refractivity contribution in [2.45, 2.75) is 0 Å². The van der Waals surface area contributed by atoms with Crippen LogP contribution < -0.4 is 0 Å². The Balaban J connectivity index is -0.0000000331. The second-order valence-corrected chi connectivity index (χ2v) is 1.20. The first kappa shape index (κ1) is 29.4. The second kappa shape index (κ2) is 29.2. The summed E-state index contributed by atoms with van der Waals surface area (Å²) in [4.78, 5) is 24.8. The van der Waals surface area contributed by atoms with Crippen molar-refractivity contribution in [3.05, 3.63) is 46.0 Å². The molecule has 0 fully saturated rings. The van der Waals surface area contributed by atoms with Gasteiger partial charge < -0.3 is 46.0 Å². The van der Waals surface area contributed by atoms with Crippen molar-refractivity contribution < 1.29 is 19.1 Å². The molecule has 0 saturated heterocycles. The summed E-state index contributed by atoms with van der Waals surface area (Å²) in [6.45, 7) is 0. The summed E-state index contributed by atoms with van der Waals surface area (Å²) in [7, 11) is 0.